The highest BCUT2D eigenvalue weighted by Gasteiger charge is 2.49. The third-order valence-corrected chi connectivity index (χ3v) is 10.3. The second-order valence-electron chi connectivity index (χ2n) is 14.1. The Morgan fingerprint density at radius 1 is 1.07 bits per heavy atom. The normalized spacial score (nSPS) is 25.4. The summed E-state index contributed by atoms with van der Waals surface area (Å²) in [6.45, 7) is 10.9. The van der Waals surface area contributed by atoms with Gasteiger partial charge in [-0.2, -0.15) is 0 Å². The van der Waals surface area contributed by atoms with E-state index in [1.54, 1.807) is 6.20 Å². The Morgan fingerprint density at radius 2 is 1.79 bits per heavy atom. The lowest BCUT2D eigenvalue weighted by Crippen LogP contribution is -2.61. The summed E-state index contributed by atoms with van der Waals surface area (Å²) in [7, 11) is 0. The topological polar surface area (TPSA) is 94.9 Å². The molecule has 1 aromatic heterocycles. The first-order valence-corrected chi connectivity index (χ1v) is 16.3. The SMILES string of the molecule is CC(CC1CCCCC1)C(=O)N1CC[C@@](O)(Cn2cc(C(=O)N3CCN[C@H](C)C3)c(-c3ccccc3)cc2=O)C(C)(C)C1. The Balaban J connectivity index is 1.37. The lowest BCUT2D eigenvalue weighted by atomic mass is 9.69. The summed E-state index contributed by atoms with van der Waals surface area (Å²) in [5.41, 5.74) is -0.249. The number of piperidine rings is 1. The van der Waals surface area contributed by atoms with Crippen LogP contribution in [0.3, 0.4) is 0 Å². The molecule has 3 heterocycles. The van der Waals surface area contributed by atoms with Gasteiger partial charge in [-0.05, 0) is 31.2 Å². The molecule has 43 heavy (non-hydrogen) atoms. The monoisotopic (exact) mass is 590 g/mol. The number of carbonyl (C=O) groups excluding carboxylic acids is 2. The van der Waals surface area contributed by atoms with E-state index in [0.29, 0.717) is 49.6 Å². The summed E-state index contributed by atoms with van der Waals surface area (Å²) in [5, 5.41) is 15.5. The van der Waals surface area contributed by atoms with Gasteiger partial charge in [0.2, 0.25) is 5.91 Å². The van der Waals surface area contributed by atoms with Crippen molar-refractivity contribution >= 4 is 11.8 Å². The molecule has 2 saturated heterocycles. The molecule has 2 N–H and O–H groups in total. The van der Waals surface area contributed by atoms with Crippen molar-refractivity contribution in [3.63, 3.8) is 0 Å². The van der Waals surface area contributed by atoms with E-state index >= 15 is 0 Å². The lowest BCUT2D eigenvalue weighted by Gasteiger charge is -2.51. The van der Waals surface area contributed by atoms with E-state index in [-0.39, 0.29) is 35.9 Å². The van der Waals surface area contributed by atoms with E-state index in [1.165, 1.54) is 42.7 Å². The number of rotatable bonds is 7. The molecule has 1 aromatic carbocycles. The molecule has 0 spiro atoms. The summed E-state index contributed by atoms with van der Waals surface area (Å²) in [6.07, 6.45) is 9.24. The fourth-order valence-electron chi connectivity index (χ4n) is 7.47. The fraction of sp³-hybridized carbons (Fsp3) is 0.629. The number of hydrogen-bond donors (Lipinski definition) is 2. The van der Waals surface area contributed by atoms with Gasteiger partial charge in [-0.3, -0.25) is 14.4 Å². The van der Waals surface area contributed by atoms with Crippen LogP contribution in [0.1, 0.15) is 83.0 Å². The molecular weight excluding hydrogens is 540 g/mol. The number of aliphatic hydroxyl groups is 1. The molecule has 1 saturated carbocycles. The third-order valence-electron chi connectivity index (χ3n) is 10.3. The Hall–Kier alpha value is -2.97. The molecule has 3 fully saturated rings. The number of carbonyl (C=O) groups is 2. The largest absolute Gasteiger partial charge is 0.387 e. The van der Waals surface area contributed by atoms with Gasteiger partial charge in [0.15, 0.2) is 0 Å². The van der Waals surface area contributed by atoms with Crippen LogP contribution in [0.2, 0.25) is 0 Å². The smallest absolute Gasteiger partial charge is 0.256 e. The van der Waals surface area contributed by atoms with E-state index in [9.17, 15) is 19.5 Å². The van der Waals surface area contributed by atoms with Crippen molar-refractivity contribution in [2.75, 3.05) is 32.7 Å². The Bertz CT molecular complexity index is 1350. The molecule has 1 aliphatic carbocycles. The molecule has 1 unspecified atom stereocenters. The summed E-state index contributed by atoms with van der Waals surface area (Å²) < 4.78 is 1.51. The number of hydrogen-bond acceptors (Lipinski definition) is 5. The number of likely N-dealkylation sites (tertiary alicyclic amines) is 1. The average molecular weight is 591 g/mol. The van der Waals surface area contributed by atoms with Crippen molar-refractivity contribution in [1.29, 1.82) is 0 Å². The Kier molecular flexibility index (Phi) is 9.47. The number of benzene rings is 1. The van der Waals surface area contributed by atoms with Crippen molar-refractivity contribution in [3.8, 4) is 11.1 Å². The fourth-order valence-corrected chi connectivity index (χ4v) is 7.47. The van der Waals surface area contributed by atoms with Crippen molar-refractivity contribution in [2.24, 2.45) is 17.3 Å². The number of nitrogens with one attached hydrogen (secondary N) is 1. The lowest BCUT2D eigenvalue weighted by molar-refractivity contribution is -0.157. The van der Waals surface area contributed by atoms with Crippen LogP contribution in [0.5, 0.6) is 0 Å². The Morgan fingerprint density at radius 3 is 2.47 bits per heavy atom. The second kappa shape index (κ2) is 12.9. The molecule has 3 aliphatic rings. The molecule has 2 aliphatic heterocycles. The number of aromatic nitrogens is 1. The van der Waals surface area contributed by atoms with Gasteiger partial charge in [-0.1, -0.05) is 83.2 Å². The van der Waals surface area contributed by atoms with Crippen molar-refractivity contribution in [3.05, 3.63) is 58.5 Å². The molecule has 234 valence electrons. The standard InChI is InChI=1S/C35H50N4O4/c1-25(19-27-11-7-5-8-12-27)32(41)38-17-15-35(43,34(3,4)23-38)24-39-22-30(33(42)37-18-16-36-26(2)21-37)29(20-31(39)40)28-13-9-6-10-14-28/h6,9-10,13-14,20,22,25-27,36,43H,5,7-8,11-12,15-19,21,23-24H2,1-4H3/t25?,26-,35-/m1/s1. The van der Waals surface area contributed by atoms with Crippen LogP contribution in [0.15, 0.2) is 47.4 Å². The van der Waals surface area contributed by atoms with Gasteiger partial charge < -0.3 is 24.8 Å². The Labute approximate surface area is 256 Å². The van der Waals surface area contributed by atoms with Crippen molar-refractivity contribution < 1.29 is 14.7 Å². The van der Waals surface area contributed by atoms with Crippen LogP contribution < -0.4 is 10.9 Å². The summed E-state index contributed by atoms with van der Waals surface area (Å²) in [5.74, 6) is 0.664. The average Bonchev–Trinajstić information content (AvgIpc) is 2.99. The van der Waals surface area contributed by atoms with Crippen LogP contribution in [-0.2, 0) is 11.3 Å². The van der Waals surface area contributed by atoms with Gasteiger partial charge in [-0.25, -0.2) is 0 Å². The highest BCUT2D eigenvalue weighted by Crippen LogP contribution is 2.41. The zero-order valence-corrected chi connectivity index (χ0v) is 26.5. The molecule has 8 heteroatoms. The van der Waals surface area contributed by atoms with Gasteiger partial charge in [0.25, 0.3) is 11.5 Å². The molecule has 5 rings (SSSR count). The molecule has 0 radical (unpaired) electrons. The minimum Gasteiger partial charge on any atom is -0.387 e. The van der Waals surface area contributed by atoms with Crippen LogP contribution in [0.4, 0.5) is 0 Å². The number of nitrogens with zero attached hydrogens (tertiary/aromatic N) is 3. The highest BCUT2D eigenvalue weighted by molar-refractivity contribution is 6.00. The summed E-state index contributed by atoms with van der Waals surface area (Å²) >= 11 is 0. The molecular formula is C35H50N4O4. The van der Waals surface area contributed by atoms with Crippen LogP contribution in [-0.4, -0.2) is 75.7 Å². The molecule has 2 amide bonds. The first-order chi connectivity index (χ1) is 20.5. The summed E-state index contributed by atoms with van der Waals surface area (Å²) in [6, 6.07) is 11.3. The van der Waals surface area contributed by atoms with E-state index < -0.39 is 11.0 Å². The zero-order chi connectivity index (χ0) is 30.8. The maximum absolute atomic E-state index is 13.9. The second-order valence-corrected chi connectivity index (χ2v) is 14.1. The number of piperazine rings is 1. The maximum atomic E-state index is 13.9. The first kappa shape index (κ1) is 31.5. The zero-order valence-electron chi connectivity index (χ0n) is 26.5. The predicted octanol–water partition coefficient (Wildman–Crippen LogP) is 4.55. The van der Waals surface area contributed by atoms with E-state index in [0.717, 1.165) is 18.5 Å². The van der Waals surface area contributed by atoms with Crippen LogP contribution >= 0.6 is 0 Å². The van der Waals surface area contributed by atoms with E-state index in [4.69, 9.17) is 0 Å². The quantitative estimate of drug-likeness (QED) is 0.494. The van der Waals surface area contributed by atoms with Gasteiger partial charge in [0, 0.05) is 67.9 Å². The van der Waals surface area contributed by atoms with E-state index in [1.807, 2.05) is 54.0 Å². The van der Waals surface area contributed by atoms with Crippen LogP contribution in [0, 0.1) is 17.3 Å². The van der Waals surface area contributed by atoms with Gasteiger partial charge in [-0.15, -0.1) is 0 Å². The minimum absolute atomic E-state index is 0.0282. The van der Waals surface area contributed by atoms with Crippen molar-refractivity contribution in [2.45, 2.75) is 90.8 Å². The molecule has 2 aromatic rings. The maximum Gasteiger partial charge on any atom is 0.256 e. The third kappa shape index (κ3) is 6.91. The molecule has 0 bridgehead atoms. The number of amides is 2. The predicted molar refractivity (Wildman–Crippen MR) is 170 cm³/mol. The highest BCUT2D eigenvalue weighted by atomic mass is 16.3. The van der Waals surface area contributed by atoms with Gasteiger partial charge in [0.1, 0.15) is 0 Å². The van der Waals surface area contributed by atoms with Gasteiger partial charge in [0.05, 0.1) is 17.7 Å². The van der Waals surface area contributed by atoms with Crippen LogP contribution in [0.25, 0.3) is 11.1 Å². The minimum atomic E-state index is -1.22. The van der Waals surface area contributed by atoms with Crippen molar-refractivity contribution in [1.82, 2.24) is 19.7 Å². The van der Waals surface area contributed by atoms with Gasteiger partial charge >= 0.3 is 0 Å². The molecule has 3 atom stereocenters. The first-order valence-electron chi connectivity index (χ1n) is 16.3. The van der Waals surface area contributed by atoms with E-state index in [2.05, 4.69) is 19.2 Å². The molecule has 8 nitrogen and oxygen atoms in total. The number of pyridine rings is 1. The summed E-state index contributed by atoms with van der Waals surface area (Å²) in [4.78, 5) is 44.7.